The molecule has 1 saturated heterocycles. The SMILES string of the molecule is CC(=O)N1CCN(CCNC(=O)c2cccc(-c3cnc(N)c(OCCc4c(Cl)ccc(F)c4Cl)c3)c2)CC1. The highest BCUT2D eigenvalue weighted by molar-refractivity contribution is 6.36. The number of nitrogens with zero attached hydrogens (tertiary/aromatic N) is 3. The third kappa shape index (κ3) is 7.38. The topological polar surface area (TPSA) is 101 Å². The van der Waals surface area contributed by atoms with E-state index in [1.54, 1.807) is 37.4 Å². The molecule has 0 atom stereocenters. The van der Waals surface area contributed by atoms with E-state index in [9.17, 15) is 14.0 Å². The van der Waals surface area contributed by atoms with Crippen LogP contribution in [-0.2, 0) is 11.2 Å². The monoisotopic (exact) mass is 573 g/mol. The molecule has 0 bridgehead atoms. The number of nitrogen functional groups attached to an aromatic ring is 1. The van der Waals surface area contributed by atoms with Crippen LogP contribution in [0.1, 0.15) is 22.8 Å². The molecular weight excluding hydrogens is 544 g/mol. The molecule has 1 aliphatic heterocycles. The summed E-state index contributed by atoms with van der Waals surface area (Å²) in [7, 11) is 0. The molecule has 0 unspecified atom stereocenters. The number of carbonyl (C=O) groups excluding carboxylic acids is 2. The predicted octanol–water partition coefficient (Wildman–Crippen LogP) is 4.29. The van der Waals surface area contributed by atoms with Crippen molar-refractivity contribution >= 4 is 40.8 Å². The zero-order valence-corrected chi connectivity index (χ0v) is 23.1. The van der Waals surface area contributed by atoms with Gasteiger partial charge in [0.1, 0.15) is 5.82 Å². The van der Waals surface area contributed by atoms with Gasteiger partial charge in [0.05, 0.1) is 11.6 Å². The van der Waals surface area contributed by atoms with Gasteiger partial charge >= 0.3 is 0 Å². The molecule has 1 aromatic heterocycles. The van der Waals surface area contributed by atoms with E-state index in [2.05, 4.69) is 15.2 Å². The highest BCUT2D eigenvalue weighted by Gasteiger charge is 2.18. The van der Waals surface area contributed by atoms with Gasteiger partial charge in [0.2, 0.25) is 5.91 Å². The summed E-state index contributed by atoms with van der Waals surface area (Å²) in [5.41, 5.74) is 8.48. The van der Waals surface area contributed by atoms with Gasteiger partial charge in [-0.15, -0.1) is 0 Å². The molecule has 206 valence electrons. The number of benzene rings is 2. The molecule has 2 aromatic carbocycles. The first kappa shape index (κ1) is 28.6. The van der Waals surface area contributed by atoms with Crippen LogP contribution >= 0.6 is 23.2 Å². The van der Waals surface area contributed by atoms with Gasteiger partial charge in [-0.25, -0.2) is 9.37 Å². The van der Waals surface area contributed by atoms with Crippen molar-refractivity contribution in [1.82, 2.24) is 20.1 Å². The molecule has 2 heterocycles. The summed E-state index contributed by atoms with van der Waals surface area (Å²) >= 11 is 12.2. The summed E-state index contributed by atoms with van der Waals surface area (Å²) in [5.74, 6) is -0.0702. The molecule has 3 N–H and O–H groups in total. The maximum atomic E-state index is 13.8. The number of aromatic nitrogens is 1. The van der Waals surface area contributed by atoms with E-state index in [-0.39, 0.29) is 35.7 Å². The summed E-state index contributed by atoms with van der Waals surface area (Å²) in [6.07, 6.45) is 1.89. The minimum absolute atomic E-state index is 0.0309. The summed E-state index contributed by atoms with van der Waals surface area (Å²) in [4.78, 5) is 32.6. The van der Waals surface area contributed by atoms with Crippen molar-refractivity contribution < 1.29 is 18.7 Å². The normalized spacial score (nSPS) is 13.8. The largest absolute Gasteiger partial charge is 0.489 e. The molecule has 4 rings (SSSR count). The Hall–Kier alpha value is -3.40. The second-order valence-corrected chi connectivity index (χ2v) is 10.00. The lowest BCUT2D eigenvalue weighted by molar-refractivity contribution is -0.130. The minimum Gasteiger partial charge on any atom is -0.489 e. The Kier molecular flexibility index (Phi) is 9.61. The number of anilines is 1. The number of carbonyl (C=O) groups is 2. The Morgan fingerprint density at radius 2 is 1.87 bits per heavy atom. The van der Waals surface area contributed by atoms with Crippen molar-refractivity contribution in [2.45, 2.75) is 13.3 Å². The van der Waals surface area contributed by atoms with E-state index >= 15 is 0 Å². The average molecular weight is 574 g/mol. The number of hydrogen-bond donors (Lipinski definition) is 2. The lowest BCUT2D eigenvalue weighted by Gasteiger charge is -2.34. The summed E-state index contributed by atoms with van der Waals surface area (Å²) in [5, 5.41) is 3.29. The third-order valence-electron chi connectivity index (χ3n) is 6.62. The van der Waals surface area contributed by atoms with E-state index in [1.807, 2.05) is 11.0 Å². The van der Waals surface area contributed by atoms with Gasteiger partial charge in [0, 0.05) is 75.0 Å². The van der Waals surface area contributed by atoms with Crippen LogP contribution in [0, 0.1) is 5.82 Å². The fourth-order valence-electron chi connectivity index (χ4n) is 4.35. The molecule has 0 radical (unpaired) electrons. The summed E-state index contributed by atoms with van der Waals surface area (Å²) in [6.45, 7) is 5.96. The van der Waals surface area contributed by atoms with Gasteiger partial charge < -0.3 is 20.7 Å². The quantitative estimate of drug-likeness (QED) is 0.370. The molecule has 0 spiro atoms. The first-order valence-corrected chi connectivity index (χ1v) is 13.4. The maximum Gasteiger partial charge on any atom is 0.251 e. The first-order chi connectivity index (χ1) is 18.7. The number of nitrogens with one attached hydrogen (secondary N) is 1. The lowest BCUT2D eigenvalue weighted by atomic mass is 10.0. The Morgan fingerprint density at radius 3 is 2.62 bits per heavy atom. The molecule has 3 aromatic rings. The molecule has 0 saturated carbocycles. The Balaban J connectivity index is 1.34. The number of rotatable bonds is 9. The van der Waals surface area contributed by atoms with Crippen molar-refractivity contribution in [3.8, 4) is 16.9 Å². The second kappa shape index (κ2) is 13.1. The second-order valence-electron chi connectivity index (χ2n) is 9.21. The first-order valence-electron chi connectivity index (χ1n) is 12.6. The van der Waals surface area contributed by atoms with Crippen LogP contribution in [0.15, 0.2) is 48.7 Å². The van der Waals surface area contributed by atoms with Crippen molar-refractivity contribution in [2.24, 2.45) is 0 Å². The summed E-state index contributed by atoms with van der Waals surface area (Å²) in [6, 6.07) is 11.6. The minimum atomic E-state index is -0.546. The van der Waals surface area contributed by atoms with Crippen molar-refractivity contribution in [3.05, 3.63) is 75.7 Å². The van der Waals surface area contributed by atoms with Gasteiger partial charge in [-0.3, -0.25) is 14.5 Å². The molecule has 39 heavy (non-hydrogen) atoms. The van der Waals surface area contributed by atoms with Gasteiger partial charge in [-0.05, 0) is 41.5 Å². The van der Waals surface area contributed by atoms with Gasteiger partial charge in [-0.2, -0.15) is 0 Å². The fourth-order valence-corrected chi connectivity index (χ4v) is 4.91. The predicted molar refractivity (Wildman–Crippen MR) is 151 cm³/mol. The molecule has 2 amide bonds. The van der Waals surface area contributed by atoms with Crippen molar-refractivity contribution in [3.63, 3.8) is 0 Å². The fraction of sp³-hybridized carbons (Fsp3) is 0.321. The average Bonchev–Trinajstić information content (AvgIpc) is 2.94. The van der Waals surface area contributed by atoms with E-state index in [1.165, 1.54) is 12.1 Å². The highest BCUT2D eigenvalue weighted by Crippen LogP contribution is 2.30. The van der Waals surface area contributed by atoms with E-state index < -0.39 is 5.82 Å². The highest BCUT2D eigenvalue weighted by atomic mass is 35.5. The lowest BCUT2D eigenvalue weighted by Crippen LogP contribution is -2.49. The number of halogens is 3. The van der Waals surface area contributed by atoms with Crippen molar-refractivity contribution in [1.29, 1.82) is 0 Å². The molecule has 0 aliphatic carbocycles. The Morgan fingerprint density at radius 1 is 1.10 bits per heavy atom. The maximum absolute atomic E-state index is 13.8. The number of hydrogen-bond acceptors (Lipinski definition) is 6. The van der Waals surface area contributed by atoms with E-state index in [0.717, 1.165) is 24.2 Å². The third-order valence-corrected chi connectivity index (χ3v) is 7.38. The van der Waals surface area contributed by atoms with Crippen LogP contribution in [-0.4, -0.2) is 72.5 Å². The molecule has 8 nitrogen and oxygen atoms in total. The van der Waals surface area contributed by atoms with Crippen LogP contribution in [0.2, 0.25) is 10.0 Å². The zero-order chi connectivity index (χ0) is 27.9. The number of piperazine rings is 1. The van der Waals surface area contributed by atoms with Crippen LogP contribution in [0.25, 0.3) is 11.1 Å². The zero-order valence-electron chi connectivity index (χ0n) is 21.6. The number of amides is 2. The van der Waals surface area contributed by atoms with Crippen LogP contribution < -0.4 is 15.8 Å². The van der Waals surface area contributed by atoms with Crippen LogP contribution in [0.4, 0.5) is 10.2 Å². The molecule has 1 fully saturated rings. The Bertz CT molecular complexity index is 1350. The van der Waals surface area contributed by atoms with Crippen LogP contribution in [0.5, 0.6) is 5.75 Å². The Labute approximate surface area is 236 Å². The van der Waals surface area contributed by atoms with Gasteiger partial charge in [-0.1, -0.05) is 35.3 Å². The van der Waals surface area contributed by atoms with Gasteiger partial charge in [0.15, 0.2) is 11.6 Å². The number of pyridine rings is 1. The number of nitrogens with two attached hydrogens (primary N) is 1. The smallest absolute Gasteiger partial charge is 0.251 e. The molecule has 1 aliphatic rings. The van der Waals surface area contributed by atoms with Crippen molar-refractivity contribution in [2.75, 3.05) is 51.6 Å². The number of ether oxygens (including phenoxy) is 1. The van der Waals surface area contributed by atoms with E-state index in [4.69, 9.17) is 33.7 Å². The standard InChI is InChI=1S/C28H30Cl2FN5O3/c1-18(37)36-12-10-35(11-13-36)9-8-33-28(38)20-4-2-3-19(15-20)21-16-25(27(32)34-17-21)39-14-7-22-23(29)5-6-24(31)26(22)30/h2-6,15-17H,7-14H2,1H3,(H2,32,34)(H,33,38). The molecular formula is C28H30Cl2FN5O3. The van der Waals surface area contributed by atoms with Crippen LogP contribution in [0.3, 0.4) is 0 Å². The molecule has 11 heteroatoms. The van der Waals surface area contributed by atoms with Gasteiger partial charge in [0.25, 0.3) is 5.91 Å². The summed E-state index contributed by atoms with van der Waals surface area (Å²) < 4.78 is 19.6. The van der Waals surface area contributed by atoms with E-state index in [0.29, 0.717) is 48.1 Å².